The minimum atomic E-state index is -0.346. The molecule has 16 heavy (non-hydrogen) atoms. The van der Waals surface area contributed by atoms with Gasteiger partial charge in [0.15, 0.2) is 5.13 Å². The first-order chi connectivity index (χ1) is 7.66. The van der Waals surface area contributed by atoms with E-state index in [-0.39, 0.29) is 12.3 Å². The Hall–Kier alpha value is -1.88. The Bertz CT molecular complexity index is 559. The van der Waals surface area contributed by atoms with E-state index in [2.05, 4.69) is 4.98 Å². The number of fused-ring (bicyclic) bond motifs is 1. The molecule has 1 amide bonds. The number of anilines is 1. The SMILES string of the molecule is NC(=O)CC=Cc1cccc2sc(N)nc12. The topological polar surface area (TPSA) is 82.0 Å². The summed E-state index contributed by atoms with van der Waals surface area (Å²) >= 11 is 1.45. The second kappa shape index (κ2) is 4.32. The minimum Gasteiger partial charge on any atom is -0.375 e. The fourth-order valence-electron chi connectivity index (χ4n) is 1.42. The Labute approximate surface area is 96.6 Å². The average molecular weight is 233 g/mol. The quantitative estimate of drug-likeness (QED) is 0.847. The van der Waals surface area contributed by atoms with Gasteiger partial charge in [-0.15, -0.1) is 0 Å². The fraction of sp³-hybridized carbons (Fsp3) is 0.0909. The van der Waals surface area contributed by atoms with E-state index in [0.29, 0.717) is 5.13 Å². The first-order valence-corrected chi connectivity index (χ1v) is 5.58. The van der Waals surface area contributed by atoms with Crippen molar-refractivity contribution < 1.29 is 4.79 Å². The lowest BCUT2D eigenvalue weighted by Gasteiger charge is -1.94. The second-order valence-corrected chi connectivity index (χ2v) is 4.38. The standard InChI is InChI=1S/C11H11N3OS/c12-9(15)6-2-4-7-3-1-5-8-10(7)14-11(13)16-8/h1-5H,6H2,(H2,12,15)(H2,13,14). The van der Waals surface area contributed by atoms with E-state index < -0.39 is 0 Å². The molecule has 2 aromatic rings. The maximum atomic E-state index is 10.6. The largest absolute Gasteiger partial charge is 0.375 e. The van der Waals surface area contributed by atoms with Gasteiger partial charge < -0.3 is 11.5 Å². The van der Waals surface area contributed by atoms with Gasteiger partial charge in [0.1, 0.15) is 0 Å². The number of amides is 1. The number of para-hydroxylation sites is 1. The molecule has 0 aliphatic carbocycles. The van der Waals surface area contributed by atoms with E-state index in [0.717, 1.165) is 15.8 Å². The van der Waals surface area contributed by atoms with Crippen molar-refractivity contribution in [1.82, 2.24) is 4.98 Å². The van der Waals surface area contributed by atoms with Crippen LogP contribution in [0, 0.1) is 0 Å². The van der Waals surface area contributed by atoms with Gasteiger partial charge in [0.25, 0.3) is 0 Å². The molecule has 1 heterocycles. The molecule has 0 radical (unpaired) electrons. The second-order valence-electron chi connectivity index (χ2n) is 3.32. The highest BCUT2D eigenvalue weighted by atomic mass is 32.1. The molecule has 4 N–H and O–H groups in total. The summed E-state index contributed by atoms with van der Waals surface area (Å²) in [5.41, 5.74) is 12.5. The van der Waals surface area contributed by atoms with Gasteiger partial charge in [0, 0.05) is 12.0 Å². The van der Waals surface area contributed by atoms with Crippen LogP contribution in [0.15, 0.2) is 24.3 Å². The number of primary amides is 1. The Morgan fingerprint density at radius 2 is 2.31 bits per heavy atom. The van der Waals surface area contributed by atoms with E-state index in [1.165, 1.54) is 11.3 Å². The number of hydrogen-bond donors (Lipinski definition) is 2. The predicted octanol–water partition coefficient (Wildman–Crippen LogP) is 1.77. The third kappa shape index (κ3) is 2.20. The van der Waals surface area contributed by atoms with Crippen molar-refractivity contribution >= 4 is 38.7 Å². The highest BCUT2D eigenvalue weighted by Crippen LogP contribution is 2.26. The zero-order chi connectivity index (χ0) is 11.5. The molecule has 82 valence electrons. The first-order valence-electron chi connectivity index (χ1n) is 4.76. The van der Waals surface area contributed by atoms with Gasteiger partial charge in [-0.3, -0.25) is 4.79 Å². The van der Waals surface area contributed by atoms with Crippen LogP contribution in [-0.4, -0.2) is 10.9 Å². The highest BCUT2D eigenvalue weighted by molar-refractivity contribution is 7.22. The fourth-order valence-corrected chi connectivity index (χ4v) is 2.19. The Morgan fingerprint density at radius 3 is 3.06 bits per heavy atom. The van der Waals surface area contributed by atoms with E-state index >= 15 is 0 Å². The molecule has 1 aromatic carbocycles. The van der Waals surface area contributed by atoms with Crippen molar-refractivity contribution in [1.29, 1.82) is 0 Å². The number of aromatic nitrogens is 1. The van der Waals surface area contributed by atoms with Crippen LogP contribution in [0.4, 0.5) is 5.13 Å². The summed E-state index contributed by atoms with van der Waals surface area (Å²) in [5, 5.41) is 0.547. The van der Waals surface area contributed by atoms with Crippen molar-refractivity contribution in [2.45, 2.75) is 6.42 Å². The van der Waals surface area contributed by atoms with Crippen LogP contribution in [0.1, 0.15) is 12.0 Å². The summed E-state index contributed by atoms with van der Waals surface area (Å²) in [4.78, 5) is 14.8. The van der Waals surface area contributed by atoms with Crippen molar-refractivity contribution in [2.24, 2.45) is 5.73 Å². The molecule has 5 heteroatoms. The normalized spacial score (nSPS) is 11.2. The number of nitrogens with two attached hydrogens (primary N) is 2. The molecule has 2 rings (SSSR count). The number of benzene rings is 1. The van der Waals surface area contributed by atoms with Gasteiger partial charge in [-0.05, 0) is 6.07 Å². The molecule has 0 bridgehead atoms. The molecule has 0 fully saturated rings. The molecule has 0 spiro atoms. The third-order valence-corrected chi connectivity index (χ3v) is 2.93. The van der Waals surface area contributed by atoms with Crippen LogP contribution < -0.4 is 11.5 Å². The van der Waals surface area contributed by atoms with Gasteiger partial charge in [0.2, 0.25) is 5.91 Å². The van der Waals surface area contributed by atoms with Gasteiger partial charge in [-0.1, -0.05) is 35.6 Å². The molecular weight excluding hydrogens is 222 g/mol. The predicted molar refractivity (Wildman–Crippen MR) is 66.9 cm³/mol. The lowest BCUT2D eigenvalue weighted by molar-refractivity contribution is -0.117. The summed E-state index contributed by atoms with van der Waals surface area (Å²) in [6.45, 7) is 0. The summed E-state index contributed by atoms with van der Waals surface area (Å²) in [6.07, 6.45) is 3.80. The average Bonchev–Trinajstić information content (AvgIpc) is 2.58. The number of nitrogen functional groups attached to an aromatic ring is 1. The number of carbonyl (C=O) groups is 1. The number of rotatable bonds is 3. The lowest BCUT2D eigenvalue weighted by atomic mass is 10.1. The van der Waals surface area contributed by atoms with Crippen LogP contribution in [0.25, 0.3) is 16.3 Å². The molecule has 0 saturated carbocycles. The summed E-state index contributed by atoms with van der Waals surface area (Å²) in [6, 6.07) is 5.83. The highest BCUT2D eigenvalue weighted by Gasteiger charge is 2.03. The molecular formula is C11H11N3OS. The van der Waals surface area contributed by atoms with Crippen LogP contribution in [0.2, 0.25) is 0 Å². The van der Waals surface area contributed by atoms with Crippen LogP contribution in [0.3, 0.4) is 0 Å². The number of hydrogen-bond acceptors (Lipinski definition) is 4. The zero-order valence-corrected chi connectivity index (χ0v) is 9.33. The lowest BCUT2D eigenvalue weighted by Crippen LogP contribution is -2.07. The van der Waals surface area contributed by atoms with E-state index in [4.69, 9.17) is 11.5 Å². The van der Waals surface area contributed by atoms with Crippen LogP contribution >= 0.6 is 11.3 Å². The van der Waals surface area contributed by atoms with Gasteiger partial charge in [-0.2, -0.15) is 0 Å². The third-order valence-electron chi connectivity index (χ3n) is 2.08. The molecule has 0 atom stereocenters. The number of thiazole rings is 1. The molecule has 0 aliphatic rings. The Morgan fingerprint density at radius 1 is 1.50 bits per heavy atom. The molecule has 0 unspecified atom stereocenters. The maximum absolute atomic E-state index is 10.6. The summed E-state index contributed by atoms with van der Waals surface area (Å²) < 4.78 is 1.04. The molecule has 0 aliphatic heterocycles. The zero-order valence-electron chi connectivity index (χ0n) is 8.51. The van der Waals surface area contributed by atoms with E-state index in [1.807, 2.05) is 24.3 Å². The Balaban J connectivity index is 2.36. The smallest absolute Gasteiger partial charge is 0.221 e. The van der Waals surface area contributed by atoms with Gasteiger partial charge in [-0.25, -0.2) is 4.98 Å². The maximum Gasteiger partial charge on any atom is 0.221 e. The van der Waals surface area contributed by atoms with Gasteiger partial charge in [0.05, 0.1) is 10.2 Å². The van der Waals surface area contributed by atoms with Crippen molar-refractivity contribution in [3.05, 3.63) is 29.8 Å². The Kier molecular flexibility index (Phi) is 2.87. The van der Waals surface area contributed by atoms with E-state index in [1.54, 1.807) is 6.08 Å². The van der Waals surface area contributed by atoms with Crippen LogP contribution in [-0.2, 0) is 4.79 Å². The van der Waals surface area contributed by atoms with Crippen molar-refractivity contribution in [2.75, 3.05) is 5.73 Å². The first kappa shape index (κ1) is 10.6. The van der Waals surface area contributed by atoms with Crippen molar-refractivity contribution in [3.8, 4) is 0 Å². The number of nitrogens with zero attached hydrogens (tertiary/aromatic N) is 1. The monoisotopic (exact) mass is 233 g/mol. The molecule has 0 saturated heterocycles. The minimum absolute atomic E-state index is 0.232. The summed E-state index contributed by atoms with van der Waals surface area (Å²) in [5.74, 6) is -0.346. The van der Waals surface area contributed by atoms with Gasteiger partial charge >= 0.3 is 0 Å². The van der Waals surface area contributed by atoms with Crippen LogP contribution in [0.5, 0.6) is 0 Å². The number of carbonyl (C=O) groups excluding carboxylic acids is 1. The molecule has 4 nitrogen and oxygen atoms in total. The molecule has 1 aromatic heterocycles. The summed E-state index contributed by atoms with van der Waals surface area (Å²) in [7, 11) is 0. The van der Waals surface area contributed by atoms with Crippen molar-refractivity contribution in [3.63, 3.8) is 0 Å². The van der Waals surface area contributed by atoms with E-state index in [9.17, 15) is 4.79 Å².